The molecule has 2 heterocycles. The quantitative estimate of drug-likeness (QED) is 0.432. The van der Waals surface area contributed by atoms with Crippen molar-refractivity contribution in [2.45, 2.75) is 0 Å². The average Bonchev–Trinajstić information content (AvgIpc) is 3.13. The first-order valence-electron chi connectivity index (χ1n) is 7.21. The van der Waals surface area contributed by atoms with Crippen molar-refractivity contribution in [2.75, 3.05) is 7.11 Å². The van der Waals surface area contributed by atoms with E-state index in [1.165, 1.54) is 0 Å². The second-order valence-corrected chi connectivity index (χ2v) is 5.67. The Labute approximate surface area is 163 Å². The number of ether oxygens (including phenoxy) is 1. The van der Waals surface area contributed by atoms with Gasteiger partial charge in [-0.1, -0.05) is 11.6 Å². The molecule has 0 amide bonds. The van der Waals surface area contributed by atoms with Crippen LogP contribution in [0.2, 0.25) is 5.02 Å². The topological polar surface area (TPSA) is 31.2 Å². The first-order chi connectivity index (χ1) is 11.1. The summed E-state index contributed by atoms with van der Waals surface area (Å²) in [7, 11) is 5.61. The van der Waals surface area contributed by atoms with Gasteiger partial charge in [-0.3, -0.25) is 0 Å². The summed E-state index contributed by atoms with van der Waals surface area (Å²) in [5.41, 5.74) is 0.917. The molecule has 6 heteroatoms. The van der Waals surface area contributed by atoms with Gasteiger partial charge in [-0.05, 0) is 36.4 Å². The lowest BCUT2D eigenvalue weighted by atomic mass is 10.2. The van der Waals surface area contributed by atoms with Gasteiger partial charge >= 0.3 is 0 Å². The van der Waals surface area contributed by atoms with Gasteiger partial charge in [-0.15, -0.1) is 0 Å². The minimum atomic E-state index is 0. The van der Waals surface area contributed by atoms with Crippen molar-refractivity contribution >= 4 is 23.8 Å². The van der Waals surface area contributed by atoms with Crippen LogP contribution in [0.15, 0.2) is 47.1 Å². The van der Waals surface area contributed by atoms with E-state index in [1.807, 2.05) is 78.1 Å². The Morgan fingerprint density at radius 1 is 1.21 bits per heavy atom. The van der Waals surface area contributed by atoms with E-state index in [0.29, 0.717) is 10.8 Å². The van der Waals surface area contributed by atoms with Gasteiger partial charge in [0.15, 0.2) is 0 Å². The minimum absolute atomic E-state index is 0. The van der Waals surface area contributed by atoms with E-state index in [9.17, 15) is 0 Å². The van der Waals surface area contributed by atoms with Gasteiger partial charge in [-0.2, -0.15) is 0 Å². The van der Waals surface area contributed by atoms with Crippen LogP contribution in [0.25, 0.3) is 23.5 Å². The van der Waals surface area contributed by atoms with Crippen LogP contribution in [-0.4, -0.2) is 11.7 Å². The molecular weight excluding hydrogens is 439 g/mol. The predicted molar refractivity (Wildman–Crippen MR) is 91.2 cm³/mol. The molecule has 0 saturated carbocycles. The Morgan fingerprint density at radius 2 is 2.00 bits per heavy atom. The van der Waals surface area contributed by atoms with E-state index >= 15 is 0 Å². The van der Waals surface area contributed by atoms with Crippen molar-refractivity contribution < 1.29 is 37.7 Å². The van der Waals surface area contributed by atoms with Gasteiger partial charge in [0.2, 0.25) is 0 Å². The number of furan rings is 1. The maximum atomic E-state index is 6.16. The summed E-state index contributed by atoms with van der Waals surface area (Å²) in [4.78, 5) is 0. The zero-order chi connectivity index (χ0) is 16.4. The third-order valence-electron chi connectivity index (χ3n) is 3.70. The monoisotopic (exact) mass is 456 g/mol. The van der Waals surface area contributed by atoms with Crippen molar-refractivity contribution in [3.63, 3.8) is 0 Å². The van der Waals surface area contributed by atoms with Crippen LogP contribution in [0.1, 0.15) is 11.6 Å². The molecule has 4 nitrogen and oxygen atoms in total. The third kappa shape index (κ3) is 3.84. The predicted octanol–water partition coefficient (Wildman–Crippen LogP) is 0.946. The smallest absolute Gasteiger partial charge is 0.281 e. The second-order valence-electron chi connectivity index (χ2n) is 5.26. The molecule has 24 heavy (non-hydrogen) atoms. The lowest BCUT2D eigenvalue weighted by Crippen LogP contribution is -3.00. The lowest BCUT2D eigenvalue weighted by molar-refractivity contribution is -0.672. The molecule has 0 fully saturated rings. The summed E-state index contributed by atoms with van der Waals surface area (Å²) in [5.74, 6) is 3.28. The van der Waals surface area contributed by atoms with Crippen LogP contribution in [0.4, 0.5) is 0 Å². The standard InChI is InChI=1S/C18H18ClN2O2.HI/c1-20-10-11-21(2)18(20)9-6-14-5-8-16(23-14)13-4-7-17(22-3)15(19)12-13;/h4-12H,1-3H3;1H/q+1;/p-1/b9-6+;. The summed E-state index contributed by atoms with van der Waals surface area (Å²) >= 11 is 6.16. The second kappa shape index (κ2) is 7.90. The number of aryl methyl sites for hydroxylation is 2. The van der Waals surface area contributed by atoms with E-state index in [0.717, 1.165) is 22.9 Å². The van der Waals surface area contributed by atoms with Crippen LogP contribution in [-0.2, 0) is 14.1 Å². The Bertz CT molecular complexity index is 848. The fourth-order valence-electron chi connectivity index (χ4n) is 2.41. The van der Waals surface area contributed by atoms with Gasteiger partial charge in [-0.25, -0.2) is 9.13 Å². The third-order valence-corrected chi connectivity index (χ3v) is 3.99. The molecule has 0 saturated heterocycles. The molecule has 3 aromatic rings. The largest absolute Gasteiger partial charge is 1.00 e. The summed E-state index contributed by atoms with van der Waals surface area (Å²) in [5, 5.41) is 0.564. The first kappa shape index (κ1) is 18.6. The Morgan fingerprint density at radius 3 is 2.62 bits per heavy atom. The van der Waals surface area contributed by atoms with Crippen LogP contribution in [0, 0.1) is 0 Å². The number of aromatic nitrogens is 2. The van der Waals surface area contributed by atoms with E-state index in [2.05, 4.69) is 0 Å². The van der Waals surface area contributed by atoms with Gasteiger partial charge in [0.05, 0.1) is 26.2 Å². The zero-order valence-electron chi connectivity index (χ0n) is 13.7. The van der Waals surface area contributed by atoms with E-state index < -0.39 is 0 Å². The molecule has 0 spiro atoms. The molecule has 0 aliphatic carbocycles. The average molecular weight is 457 g/mol. The van der Waals surface area contributed by atoms with Gasteiger partial charge in [0.25, 0.3) is 5.82 Å². The van der Waals surface area contributed by atoms with Gasteiger partial charge in [0.1, 0.15) is 29.7 Å². The summed E-state index contributed by atoms with van der Waals surface area (Å²) in [6, 6.07) is 9.47. The maximum absolute atomic E-state index is 6.16. The summed E-state index contributed by atoms with van der Waals surface area (Å²) in [6.45, 7) is 0. The van der Waals surface area contributed by atoms with Gasteiger partial charge < -0.3 is 33.1 Å². The van der Waals surface area contributed by atoms with Crippen molar-refractivity contribution in [1.82, 2.24) is 4.57 Å². The fourth-order valence-corrected chi connectivity index (χ4v) is 2.67. The molecule has 0 radical (unpaired) electrons. The number of methoxy groups -OCH3 is 1. The number of hydrogen-bond donors (Lipinski definition) is 0. The summed E-state index contributed by atoms with van der Waals surface area (Å²) in [6.07, 6.45) is 7.98. The highest BCUT2D eigenvalue weighted by Crippen LogP contribution is 2.31. The molecule has 0 aliphatic rings. The molecule has 1 aromatic carbocycles. The van der Waals surface area contributed by atoms with Crippen molar-refractivity contribution in [1.29, 1.82) is 0 Å². The normalized spacial score (nSPS) is 10.8. The highest BCUT2D eigenvalue weighted by Gasteiger charge is 2.09. The SMILES string of the molecule is COc1ccc(-c2ccc(/C=C/c3n(C)cc[n+]3C)o2)cc1Cl.[I-]. The summed E-state index contributed by atoms with van der Waals surface area (Å²) < 4.78 is 15.1. The van der Waals surface area contributed by atoms with Crippen molar-refractivity contribution in [3.8, 4) is 17.1 Å². The van der Waals surface area contributed by atoms with E-state index in [-0.39, 0.29) is 24.0 Å². The van der Waals surface area contributed by atoms with Crippen LogP contribution in [0.3, 0.4) is 0 Å². The fraction of sp³-hybridized carbons (Fsp3) is 0.167. The number of imidazole rings is 1. The molecule has 0 unspecified atom stereocenters. The highest BCUT2D eigenvalue weighted by molar-refractivity contribution is 6.32. The number of halogens is 2. The lowest BCUT2D eigenvalue weighted by Gasteiger charge is -2.04. The van der Waals surface area contributed by atoms with E-state index in [1.54, 1.807) is 7.11 Å². The van der Waals surface area contributed by atoms with Crippen LogP contribution < -0.4 is 33.3 Å². The number of rotatable bonds is 4. The molecule has 0 N–H and O–H groups in total. The van der Waals surface area contributed by atoms with Crippen molar-refractivity contribution in [3.05, 3.63) is 59.3 Å². The van der Waals surface area contributed by atoms with Crippen molar-refractivity contribution in [2.24, 2.45) is 14.1 Å². The Balaban J connectivity index is 0.00000208. The van der Waals surface area contributed by atoms with Crippen LogP contribution >= 0.6 is 11.6 Å². The van der Waals surface area contributed by atoms with E-state index in [4.69, 9.17) is 20.8 Å². The minimum Gasteiger partial charge on any atom is -1.00 e. The molecule has 3 rings (SSSR count). The number of hydrogen-bond acceptors (Lipinski definition) is 2. The van der Waals surface area contributed by atoms with Crippen LogP contribution in [0.5, 0.6) is 5.75 Å². The first-order valence-corrected chi connectivity index (χ1v) is 7.59. The molecule has 2 aromatic heterocycles. The number of nitrogens with zero attached hydrogens (tertiary/aromatic N) is 2. The highest BCUT2D eigenvalue weighted by atomic mass is 127. The van der Waals surface area contributed by atoms with Gasteiger partial charge in [0, 0.05) is 11.6 Å². The molecule has 0 bridgehead atoms. The Hall–Kier alpha value is -1.73. The molecular formula is C18H18ClIN2O2. The maximum Gasteiger partial charge on any atom is 0.281 e. The Kier molecular flexibility index (Phi) is 6.12. The number of benzene rings is 1. The molecule has 0 atom stereocenters. The zero-order valence-corrected chi connectivity index (χ0v) is 16.6. The molecule has 126 valence electrons. The molecule has 0 aliphatic heterocycles.